The highest BCUT2D eigenvalue weighted by Crippen LogP contribution is 2.32. The molecule has 23 heavy (non-hydrogen) atoms. The fourth-order valence-corrected chi connectivity index (χ4v) is 2.44. The first-order chi connectivity index (χ1) is 11.0. The van der Waals surface area contributed by atoms with Crippen molar-refractivity contribution in [1.82, 2.24) is 0 Å². The molecule has 0 aliphatic rings. The molecule has 0 N–H and O–H groups in total. The summed E-state index contributed by atoms with van der Waals surface area (Å²) in [5.41, 5.74) is 0.375. The highest BCUT2D eigenvalue weighted by atomic mass is 32.2. The Kier molecular flexibility index (Phi) is 5.55. The van der Waals surface area contributed by atoms with Crippen LogP contribution in [0.5, 0.6) is 11.5 Å². The van der Waals surface area contributed by atoms with Gasteiger partial charge < -0.3 is 9.47 Å². The molecule has 2 aromatic rings. The molecular formula is C16H11F2NO3S. The normalized spacial score (nSPS) is 10.2. The Morgan fingerprint density at radius 2 is 1.96 bits per heavy atom. The molecule has 0 aromatic heterocycles. The largest absolute Gasteiger partial charge is 0.493 e. The summed E-state index contributed by atoms with van der Waals surface area (Å²) < 4.78 is 35.4. The molecule has 7 heteroatoms. The van der Waals surface area contributed by atoms with E-state index in [4.69, 9.17) is 14.7 Å². The number of rotatable bonds is 5. The molecule has 2 aromatic carbocycles. The zero-order valence-electron chi connectivity index (χ0n) is 12.0. The molecule has 4 nitrogen and oxygen atoms in total. The van der Waals surface area contributed by atoms with E-state index in [-0.39, 0.29) is 33.7 Å². The number of methoxy groups -OCH3 is 1. The topological polar surface area (TPSA) is 59.3 Å². The van der Waals surface area contributed by atoms with Crippen molar-refractivity contribution < 1.29 is 23.0 Å². The lowest BCUT2D eigenvalue weighted by Gasteiger charge is -2.11. The molecule has 0 heterocycles. The van der Waals surface area contributed by atoms with Gasteiger partial charge in [-0.15, -0.1) is 0 Å². The minimum atomic E-state index is -2.65. The van der Waals surface area contributed by atoms with Crippen molar-refractivity contribution in [2.24, 2.45) is 0 Å². The molecular weight excluding hydrogens is 324 g/mol. The Labute approximate surface area is 135 Å². The molecule has 0 amide bonds. The maximum absolute atomic E-state index is 12.6. The molecule has 0 fully saturated rings. The van der Waals surface area contributed by atoms with Gasteiger partial charge in [-0.1, -0.05) is 23.9 Å². The van der Waals surface area contributed by atoms with Crippen LogP contribution in [0.3, 0.4) is 0 Å². The van der Waals surface area contributed by atoms with E-state index in [0.29, 0.717) is 5.56 Å². The minimum Gasteiger partial charge on any atom is -0.493 e. The summed E-state index contributed by atoms with van der Waals surface area (Å²) in [6.07, 6.45) is 0. The fourth-order valence-electron chi connectivity index (χ4n) is 1.81. The first-order valence-corrected chi connectivity index (χ1v) is 7.27. The molecule has 0 atom stereocenters. The first-order valence-electron chi connectivity index (χ1n) is 6.39. The monoisotopic (exact) mass is 335 g/mol. The quantitative estimate of drug-likeness (QED) is 0.468. The number of benzene rings is 2. The van der Waals surface area contributed by atoms with E-state index >= 15 is 0 Å². The number of ether oxygens (including phenoxy) is 2. The second-order valence-electron chi connectivity index (χ2n) is 4.24. The number of thioether (sulfide) groups is 1. The van der Waals surface area contributed by atoms with Crippen LogP contribution in [-0.4, -0.2) is 18.8 Å². The number of hydrogen-bond donors (Lipinski definition) is 0. The standard InChI is InChI=1S/C16H11F2NO3S/c1-21-13-8-10(9-19)6-7-12(13)22-15(20)11-4-2-3-5-14(11)23-16(17)18/h2-8,16H,1H3. The number of nitrogens with zero attached hydrogens (tertiary/aromatic N) is 1. The summed E-state index contributed by atoms with van der Waals surface area (Å²) in [4.78, 5) is 12.4. The van der Waals surface area contributed by atoms with Crippen LogP contribution in [0.4, 0.5) is 8.78 Å². The number of hydrogen-bond acceptors (Lipinski definition) is 5. The van der Waals surface area contributed by atoms with E-state index in [1.807, 2.05) is 6.07 Å². The molecule has 0 aliphatic carbocycles. The Bertz CT molecular complexity index is 759. The van der Waals surface area contributed by atoms with Crippen molar-refractivity contribution in [3.05, 3.63) is 53.6 Å². The molecule has 0 saturated carbocycles. The van der Waals surface area contributed by atoms with E-state index in [1.165, 1.54) is 37.4 Å². The predicted molar refractivity (Wildman–Crippen MR) is 81.0 cm³/mol. The minimum absolute atomic E-state index is 0.0317. The van der Waals surface area contributed by atoms with Gasteiger partial charge in [0.05, 0.1) is 24.3 Å². The Hall–Kier alpha value is -2.59. The van der Waals surface area contributed by atoms with Crippen molar-refractivity contribution in [1.29, 1.82) is 5.26 Å². The van der Waals surface area contributed by atoms with Gasteiger partial charge in [0.15, 0.2) is 11.5 Å². The molecule has 0 aliphatic heterocycles. The van der Waals surface area contributed by atoms with Crippen LogP contribution in [0, 0.1) is 11.3 Å². The Morgan fingerprint density at radius 3 is 2.61 bits per heavy atom. The SMILES string of the molecule is COc1cc(C#N)ccc1OC(=O)c1ccccc1SC(F)F. The molecule has 2 rings (SSSR count). The smallest absolute Gasteiger partial charge is 0.344 e. The van der Waals surface area contributed by atoms with E-state index in [2.05, 4.69) is 0 Å². The van der Waals surface area contributed by atoms with E-state index in [1.54, 1.807) is 12.1 Å². The maximum Gasteiger partial charge on any atom is 0.344 e. The van der Waals surface area contributed by atoms with Crippen LogP contribution >= 0.6 is 11.8 Å². The van der Waals surface area contributed by atoms with Crippen LogP contribution < -0.4 is 9.47 Å². The number of alkyl halides is 2. The third kappa shape index (κ3) is 4.20. The molecule has 0 saturated heterocycles. The molecule has 0 spiro atoms. The van der Waals surface area contributed by atoms with Crippen LogP contribution in [-0.2, 0) is 0 Å². The maximum atomic E-state index is 12.6. The third-order valence-electron chi connectivity index (χ3n) is 2.82. The van der Waals surface area contributed by atoms with Gasteiger partial charge in [-0.05, 0) is 24.3 Å². The van der Waals surface area contributed by atoms with Gasteiger partial charge in [-0.2, -0.15) is 14.0 Å². The van der Waals surface area contributed by atoms with Crippen LogP contribution in [0.15, 0.2) is 47.4 Å². The Balaban J connectivity index is 2.28. The second-order valence-corrected chi connectivity index (χ2v) is 5.27. The molecule has 0 radical (unpaired) electrons. The van der Waals surface area contributed by atoms with Gasteiger partial charge in [0.2, 0.25) is 0 Å². The summed E-state index contributed by atoms with van der Waals surface area (Å²) in [5, 5.41) is 8.84. The molecule has 0 bridgehead atoms. The van der Waals surface area contributed by atoms with Crippen molar-refractivity contribution in [3.8, 4) is 17.6 Å². The first kappa shape index (κ1) is 16.8. The number of carbonyl (C=O) groups is 1. The zero-order valence-corrected chi connectivity index (χ0v) is 12.8. The van der Waals surface area contributed by atoms with E-state index in [9.17, 15) is 13.6 Å². The summed E-state index contributed by atoms with van der Waals surface area (Å²) in [5.74, 6) is -3.12. The lowest BCUT2D eigenvalue weighted by atomic mass is 10.2. The lowest BCUT2D eigenvalue weighted by Crippen LogP contribution is -2.11. The predicted octanol–water partition coefficient (Wildman–Crippen LogP) is 4.10. The van der Waals surface area contributed by atoms with Gasteiger partial charge >= 0.3 is 5.97 Å². The summed E-state index contributed by atoms with van der Waals surface area (Å²) in [7, 11) is 1.37. The Morgan fingerprint density at radius 1 is 1.22 bits per heavy atom. The zero-order chi connectivity index (χ0) is 16.8. The van der Waals surface area contributed by atoms with Gasteiger partial charge in [-0.25, -0.2) is 4.79 Å². The second kappa shape index (κ2) is 7.61. The van der Waals surface area contributed by atoms with Gasteiger partial charge in [0.25, 0.3) is 5.76 Å². The van der Waals surface area contributed by atoms with Crippen molar-refractivity contribution in [2.75, 3.05) is 7.11 Å². The van der Waals surface area contributed by atoms with Crippen molar-refractivity contribution >= 4 is 17.7 Å². The third-order valence-corrected chi connectivity index (χ3v) is 3.61. The van der Waals surface area contributed by atoms with E-state index < -0.39 is 11.7 Å². The highest BCUT2D eigenvalue weighted by Gasteiger charge is 2.18. The molecule has 0 unspecified atom stereocenters. The lowest BCUT2D eigenvalue weighted by molar-refractivity contribution is 0.0726. The number of nitriles is 1. The summed E-state index contributed by atoms with van der Waals surface area (Å²) in [6, 6.07) is 12.2. The van der Waals surface area contributed by atoms with Crippen molar-refractivity contribution in [2.45, 2.75) is 10.7 Å². The number of carbonyl (C=O) groups excluding carboxylic acids is 1. The van der Waals surface area contributed by atoms with Gasteiger partial charge in [0.1, 0.15) is 0 Å². The van der Waals surface area contributed by atoms with Crippen molar-refractivity contribution in [3.63, 3.8) is 0 Å². The average Bonchev–Trinajstić information content (AvgIpc) is 2.55. The van der Waals surface area contributed by atoms with Crippen LogP contribution in [0.1, 0.15) is 15.9 Å². The highest BCUT2D eigenvalue weighted by molar-refractivity contribution is 7.99. The van der Waals surface area contributed by atoms with E-state index in [0.717, 1.165) is 0 Å². The fraction of sp³-hybridized carbons (Fsp3) is 0.125. The van der Waals surface area contributed by atoms with Gasteiger partial charge in [0, 0.05) is 11.0 Å². The van der Waals surface area contributed by atoms with Crippen LogP contribution in [0.2, 0.25) is 0 Å². The van der Waals surface area contributed by atoms with Crippen LogP contribution in [0.25, 0.3) is 0 Å². The number of halogens is 2. The number of esters is 1. The van der Waals surface area contributed by atoms with Gasteiger partial charge in [-0.3, -0.25) is 0 Å². The molecule has 118 valence electrons. The average molecular weight is 335 g/mol. The summed E-state index contributed by atoms with van der Waals surface area (Å²) in [6.45, 7) is 0. The summed E-state index contributed by atoms with van der Waals surface area (Å²) >= 11 is 0.271.